The predicted octanol–water partition coefficient (Wildman–Crippen LogP) is 4.28. The summed E-state index contributed by atoms with van der Waals surface area (Å²) in [6.45, 7) is 6.71. The van der Waals surface area contributed by atoms with Crippen LogP contribution in [-0.4, -0.2) is 35.4 Å². The number of furan rings is 1. The summed E-state index contributed by atoms with van der Waals surface area (Å²) in [5.74, 6) is 0.532. The van der Waals surface area contributed by atoms with Gasteiger partial charge in [0.2, 0.25) is 0 Å². The van der Waals surface area contributed by atoms with Crippen LogP contribution in [0.4, 0.5) is 0 Å². The number of aromatic nitrogens is 1. The lowest BCUT2D eigenvalue weighted by molar-refractivity contribution is 0.0931. The fraction of sp³-hybridized carbons (Fsp3) is 0.333. The molecule has 0 saturated carbocycles. The molecule has 0 radical (unpaired) electrons. The lowest BCUT2D eigenvalue weighted by Gasteiger charge is -2.29. The van der Waals surface area contributed by atoms with Crippen molar-refractivity contribution < 1.29 is 9.21 Å². The monoisotopic (exact) mass is 375 g/mol. The summed E-state index contributed by atoms with van der Waals surface area (Å²) in [4.78, 5) is 19.2. The summed E-state index contributed by atoms with van der Waals surface area (Å²) < 4.78 is 5.33. The van der Waals surface area contributed by atoms with E-state index in [1.54, 1.807) is 23.0 Å². The summed E-state index contributed by atoms with van der Waals surface area (Å²) in [6.07, 6.45) is 1.60. The number of carbonyl (C=O) groups is 1. The normalized spacial score (nSPS) is 12.4. The Morgan fingerprint density at radius 1 is 1.32 bits per heavy atom. The zero-order chi connectivity index (χ0) is 17.6. The minimum Gasteiger partial charge on any atom is -0.462 e. The van der Waals surface area contributed by atoms with Crippen molar-refractivity contribution >= 4 is 28.6 Å². The Bertz CT molecular complexity index is 777. The molecule has 0 aromatic carbocycles. The minimum atomic E-state index is -0.151. The lowest BCUT2D eigenvalue weighted by Crippen LogP contribution is -2.38. The molecule has 0 aliphatic heterocycles. The molecule has 0 bridgehead atoms. The van der Waals surface area contributed by atoms with Crippen molar-refractivity contribution in [3.8, 4) is 10.8 Å². The summed E-state index contributed by atoms with van der Waals surface area (Å²) >= 11 is 3.09. The van der Waals surface area contributed by atoms with E-state index in [1.165, 1.54) is 16.9 Å². The van der Waals surface area contributed by atoms with Gasteiger partial charge >= 0.3 is 0 Å². The molecular weight excluding hydrogens is 354 g/mol. The van der Waals surface area contributed by atoms with Gasteiger partial charge in [0, 0.05) is 11.9 Å². The maximum Gasteiger partial charge on any atom is 0.270 e. The van der Waals surface area contributed by atoms with Crippen LogP contribution in [0.3, 0.4) is 0 Å². The highest BCUT2D eigenvalue weighted by Gasteiger charge is 2.20. The highest BCUT2D eigenvalue weighted by molar-refractivity contribution is 7.13. The second kappa shape index (κ2) is 8.42. The van der Waals surface area contributed by atoms with E-state index in [-0.39, 0.29) is 11.9 Å². The van der Waals surface area contributed by atoms with Gasteiger partial charge in [0.25, 0.3) is 5.91 Å². The Morgan fingerprint density at radius 3 is 2.80 bits per heavy atom. The topological polar surface area (TPSA) is 58.4 Å². The highest BCUT2D eigenvalue weighted by atomic mass is 32.1. The smallest absolute Gasteiger partial charge is 0.270 e. The fourth-order valence-corrected chi connectivity index (χ4v) is 4.23. The Balaban J connectivity index is 1.67. The summed E-state index contributed by atoms with van der Waals surface area (Å²) in [6, 6.07) is 5.95. The van der Waals surface area contributed by atoms with Gasteiger partial charge in [-0.3, -0.25) is 9.69 Å². The number of hydrogen-bond donors (Lipinski definition) is 1. The van der Waals surface area contributed by atoms with E-state index < -0.39 is 0 Å². The van der Waals surface area contributed by atoms with Gasteiger partial charge in [-0.25, -0.2) is 4.98 Å². The van der Waals surface area contributed by atoms with E-state index in [9.17, 15) is 4.79 Å². The van der Waals surface area contributed by atoms with E-state index >= 15 is 0 Å². The van der Waals surface area contributed by atoms with Crippen LogP contribution in [0.5, 0.6) is 0 Å². The lowest BCUT2D eigenvalue weighted by atomic mass is 10.1. The molecule has 5 nitrogen and oxygen atoms in total. The minimum absolute atomic E-state index is 0.151. The van der Waals surface area contributed by atoms with Crippen molar-refractivity contribution in [2.24, 2.45) is 0 Å². The van der Waals surface area contributed by atoms with Crippen LogP contribution in [0.15, 0.2) is 45.0 Å². The van der Waals surface area contributed by atoms with E-state index in [0.717, 1.165) is 13.1 Å². The molecule has 0 aliphatic carbocycles. The quantitative estimate of drug-likeness (QED) is 0.638. The Labute approximate surface area is 155 Å². The van der Waals surface area contributed by atoms with Gasteiger partial charge < -0.3 is 9.73 Å². The van der Waals surface area contributed by atoms with Crippen LogP contribution in [0.25, 0.3) is 10.8 Å². The summed E-state index contributed by atoms with van der Waals surface area (Å²) in [5, 5.41) is 9.74. The molecule has 3 aromatic rings. The molecule has 0 unspecified atom stereocenters. The molecule has 1 atom stereocenters. The third kappa shape index (κ3) is 4.18. The predicted molar refractivity (Wildman–Crippen MR) is 102 cm³/mol. The number of likely N-dealkylation sites (N-methyl/N-ethyl adjacent to an activating group) is 1. The van der Waals surface area contributed by atoms with E-state index in [4.69, 9.17) is 4.42 Å². The molecule has 1 N–H and O–H groups in total. The molecule has 0 fully saturated rings. The number of hydrogen-bond acceptors (Lipinski definition) is 6. The van der Waals surface area contributed by atoms with E-state index in [0.29, 0.717) is 23.0 Å². The fourth-order valence-electron chi connectivity index (χ4n) is 2.76. The molecule has 3 rings (SSSR count). The zero-order valence-corrected chi connectivity index (χ0v) is 15.9. The standard InChI is InChI=1S/C18H21N3O2S2/c1-3-21(4-2)15(13-7-9-24-11-13)10-19-17(22)14-12-25-18(20-14)16-6-5-8-23-16/h5-9,11-12,15H,3-4,10H2,1-2H3,(H,19,22)/t15-/m1/s1. The summed E-state index contributed by atoms with van der Waals surface area (Å²) in [5.41, 5.74) is 1.67. The number of carbonyl (C=O) groups excluding carboxylic acids is 1. The SMILES string of the molecule is CCN(CC)[C@H](CNC(=O)c1csc(-c2ccco2)n1)c1ccsc1. The highest BCUT2D eigenvalue weighted by Crippen LogP contribution is 2.25. The van der Waals surface area contributed by atoms with Gasteiger partial charge in [-0.2, -0.15) is 11.3 Å². The first-order valence-corrected chi connectivity index (χ1v) is 10.1. The second-order valence-corrected chi connectivity index (χ2v) is 7.16. The van der Waals surface area contributed by atoms with Crippen molar-refractivity contribution in [2.75, 3.05) is 19.6 Å². The first-order chi connectivity index (χ1) is 12.2. The second-order valence-electron chi connectivity index (χ2n) is 5.52. The van der Waals surface area contributed by atoms with Crippen LogP contribution < -0.4 is 5.32 Å². The maximum atomic E-state index is 12.5. The molecular formula is C18H21N3O2S2. The molecule has 0 spiro atoms. The molecule has 0 saturated heterocycles. The van der Waals surface area contributed by atoms with Crippen LogP contribution in [0.1, 0.15) is 35.9 Å². The average molecular weight is 376 g/mol. The van der Waals surface area contributed by atoms with Gasteiger partial charge in [-0.15, -0.1) is 11.3 Å². The van der Waals surface area contributed by atoms with Crippen LogP contribution in [0, 0.1) is 0 Å². The molecule has 7 heteroatoms. The van der Waals surface area contributed by atoms with E-state index in [2.05, 4.69) is 45.9 Å². The van der Waals surface area contributed by atoms with Crippen molar-refractivity contribution in [1.29, 1.82) is 0 Å². The maximum absolute atomic E-state index is 12.5. The van der Waals surface area contributed by atoms with Crippen LogP contribution >= 0.6 is 22.7 Å². The van der Waals surface area contributed by atoms with Crippen molar-refractivity contribution in [2.45, 2.75) is 19.9 Å². The van der Waals surface area contributed by atoms with Crippen molar-refractivity contribution in [3.63, 3.8) is 0 Å². The zero-order valence-electron chi connectivity index (χ0n) is 14.3. The largest absolute Gasteiger partial charge is 0.462 e. The van der Waals surface area contributed by atoms with Gasteiger partial charge in [-0.1, -0.05) is 13.8 Å². The van der Waals surface area contributed by atoms with Crippen LogP contribution in [0.2, 0.25) is 0 Å². The number of rotatable bonds is 8. The van der Waals surface area contributed by atoms with Gasteiger partial charge in [0.05, 0.1) is 12.3 Å². The van der Waals surface area contributed by atoms with Crippen molar-refractivity contribution in [3.05, 3.63) is 51.9 Å². The van der Waals surface area contributed by atoms with Gasteiger partial charge in [0.15, 0.2) is 10.8 Å². The first-order valence-electron chi connectivity index (χ1n) is 8.26. The van der Waals surface area contributed by atoms with Crippen molar-refractivity contribution in [1.82, 2.24) is 15.2 Å². The first kappa shape index (κ1) is 17.8. The number of nitrogens with one attached hydrogen (secondary N) is 1. The number of amides is 1. The number of nitrogens with zero attached hydrogens (tertiary/aromatic N) is 2. The number of thiazole rings is 1. The Morgan fingerprint density at radius 2 is 2.16 bits per heavy atom. The molecule has 3 aromatic heterocycles. The third-order valence-corrected chi connectivity index (χ3v) is 5.66. The van der Waals surface area contributed by atoms with Gasteiger partial charge in [0.1, 0.15) is 5.69 Å². The van der Waals surface area contributed by atoms with Crippen LogP contribution in [-0.2, 0) is 0 Å². The average Bonchev–Trinajstić information content (AvgIpc) is 3.39. The van der Waals surface area contributed by atoms with E-state index in [1.807, 2.05) is 12.1 Å². The van der Waals surface area contributed by atoms with Gasteiger partial charge in [-0.05, 0) is 47.6 Å². The molecule has 3 heterocycles. The summed E-state index contributed by atoms with van der Waals surface area (Å²) in [7, 11) is 0. The number of thiophene rings is 1. The Kier molecular flexibility index (Phi) is 6.01. The molecule has 25 heavy (non-hydrogen) atoms. The molecule has 1 amide bonds. The Hall–Kier alpha value is -1.96. The molecule has 0 aliphatic rings. The third-order valence-electron chi connectivity index (χ3n) is 4.11. The molecule has 132 valence electrons.